The molecule has 2 bridgehead atoms. The van der Waals surface area contributed by atoms with Gasteiger partial charge in [-0.05, 0) is 43.9 Å². The highest BCUT2D eigenvalue weighted by Crippen LogP contribution is 2.49. The lowest BCUT2D eigenvalue weighted by molar-refractivity contribution is -0.138. The third-order valence-electron chi connectivity index (χ3n) is 4.67. The van der Waals surface area contributed by atoms with E-state index in [1.165, 1.54) is 37.4 Å². The molecule has 4 N–H and O–H groups in total. The number of carboxylic acid groups (broad SMARTS) is 1. The molecule has 0 saturated heterocycles. The Hall–Kier alpha value is -0.750. The quantitative estimate of drug-likeness (QED) is 0.654. The Morgan fingerprint density at radius 3 is 2.70 bits per heavy atom. The Kier molecular flexibility index (Phi) is 5.32. The van der Waals surface area contributed by atoms with Gasteiger partial charge in [-0.3, -0.25) is 9.59 Å². The second kappa shape index (κ2) is 6.80. The van der Waals surface area contributed by atoms with Gasteiger partial charge >= 0.3 is 5.97 Å². The highest BCUT2D eigenvalue weighted by atomic mass is 32.2. The topological polar surface area (TPSA) is 92.4 Å². The maximum absolute atomic E-state index is 11.8. The van der Waals surface area contributed by atoms with Crippen LogP contribution in [0.25, 0.3) is 0 Å². The Labute approximate surface area is 124 Å². The molecular weight excluding hydrogens is 276 g/mol. The summed E-state index contributed by atoms with van der Waals surface area (Å²) in [5.74, 6) is 1.83. The zero-order valence-corrected chi connectivity index (χ0v) is 12.7. The fourth-order valence-electron chi connectivity index (χ4n) is 3.66. The van der Waals surface area contributed by atoms with E-state index in [9.17, 15) is 9.59 Å². The smallest absolute Gasteiger partial charge is 0.321 e. The molecule has 2 saturated carbocycles. The Balaban J connectivity index is 1.65. The average molecular weight is 300 g/mol. The first-order valence-electron chi connectivity index (χ1n) is 7.33. The molecule has 6 heteroatoms. The van der Waals surface area contributed by atoms with E-state index < -0.39 is 12.0 Å². The van der Waals surface area contributed by atoms with E-state index in [-0.39, 0.29) is 23.5 Å². The van der Waals surface area contributed by atoms with Crippen molar-refractivity contribution in [3.63, 3.8) is 0 Å². The summed E-state index contributed by atoms with van der Waals surface area (Å²) in [6, 6.07) is -0.665. The average Bonchev–Trinajstić information content (AvgIpc) is 3.00. The molecule has 5 nitrogen and oxygen atoms in total. The highest BCUT2D eigenvalue weighted by molar-refractivity contribution is 8.00. The minimum absolute atomic E-state index is 0.0112. The summed E-state index contributed by atoms with van der Waals surface area (Å²) in [5.41, 5.74) is 5.39. The molecule has 0 aliphatic heterocycles. The summed E-state index contributed by atoms with van der Waals surface area (Å²) in [6.45, 7) is 2.09. The number of rotatable bonds is 7. The van der Waals surface area contributed by atoms with Crippen molar-refractivity contribution in [2.75, 3.05) is 11.5 Å². The zero-order valence-electron chi connectivity index (χ0n) is 11.9. The molecule has 0 spiro atoms. The monoisotopic (exact) mass is 300 g/mol. The van der Waals surface area contributed by atoms with Gasteiger partial charge in [0.2, 0.25) is 5.91 Å². The molecule has 2 aliphatic rings. The number of carbonyl (C=O) groups is 2. The lowest BCUT2D eigenvalue weighted by atomic mass is 9.84. The van der Waals surface area contributed by atoms with Crippen LogP contribution in [0.15, 0.2) is 0 Å². The first-order valence-corrected chi connectivity index (χ1v) is 8.48. The molecule has 1 amide bonds. The van der Waals surface area contributed by atoms with Crippen molar-refractivity contribution in [1.82, 2.24) is 5.32 Å². The number of hydrogen-bond acceptors (Lipinski definition) is 4. The van der Waals surface area contributed by atoms with E-state index in [0.29, 0.717) is 5.92 Å². The van der Waals surface area contributed by atoms with Gasteiger partial charge in [-0.1, -0.05) is 6.42 Å². The molecule has 114 valence electrons. The van der Waals surface area contributed by atoms with E-state index >= 15 is 0 Å². The van der Waals surface area contributed by atoms with Gasteiger partial charge in [-0.15, -0.1) is 11.8 Å². The second-order valence-corrected chi connectivity index (χ2v) is 7.19. The van der Waals surface area contributed by atoms with Crippen molar-refractivity contribution in [1.29, 1.82) is 0 Å². The van der Waals surface area contributed by atoms with E-state index in [4.69, 9.17) is 10.8 Å². The van der Waals surface area contributed by atoms with Crippen LogP contribution in [0.3, 0.4) is 0 Å². The maximum Gasteiger partial charge on any atom is 0.321 e. The molecule has 0 aromatic heterocycles. The normalized spacial score (nSPS) is 31.0. The lowest BCUT2D eigenvalue weighted by Crippen LogP contribution is -2.41. The Morgan fingerprint density at radius 1 is 1.40 bits per heavy atom. The number of thioether (sulfide) groups is 1. The molecule has 2 fully saturated rings. The van der Waals surface area contributed by atoms with E-state index in [1.807, 2.05) is 0 Å². The summed E-state index contributed by atoms with van der Waals surface area (Å²) in [7, 11) is 0. The summed E-state index contributed by atoms with van der Waals surface area (Å²) in [5, 5.41) is 11.7. The van der Waals surface area contributed by atoms with Crippen molar-refractivity contribution < 1.29 is 14.7 Å². The van der Waals surface area contributed by atoms with Crippen molar-refractivity contribution in [3.8, 4) is 0 Å². The third kappa shape index (κ3) is 3.88. The summed E-state index contributed by atoms with van der Waals surface area (Å²) in [4.78, 5) is 22.4. The maximum atomic E-state index is 11.8. The zero-order chi connectivity index (χ0) is 14.7. The fraction of sp³-hybridized carbons (Fsp3) is 0.857. The summed E-state index contributed by atoms with van der Waals surface area (Å²) < 4.78 is 0. The van der Waals surface area contributed by atoms with Crippen molar-refractivity contribution in [2.24, 2.45) is 23.5 Å². The largest absolute Gasteiger partial charge is 0.480 e. The van der Waals surface area contributed by atoms with Gasteiger partial charge in [0.05, 0.1) is 5.75 Å². The number of amides is 1. The van der Waals surface area contributed by atoms with Gasteiger partial charge in [0.1, 0.15) is 6.04 Å². The van der Waals surface area contributed by atoms with Crippen molar-refractivity contribution >= 4 is 23.6 Å². The van der Waals surface area contributed by atoms with Crippen LogP contribution < -0.4 is 11.1 Å². The molecule has 2 rings (SSSR count). The molecule has 2 aliphatic carbocycles. The minimum Gasteiger partial charge on any atom is -0.480 e. The van der Waals surface area contributed by atoms with E-state index in [2.05, 4.69) is 12.2 Å². The molecule has 0 aromatic rings. The molecule has 20 heavy (non-hydrogen) atoms. The number of aliphatic carboxylic acids is 1. The van der Waals surface area contributed by atoms with Crippen LogP contribution in [0.4, 0.5) is 0 Å². The van der Waals surface area contributed by atoms with E-state index in [1.54, 1.807) is 0 Å². The van der Waals surface area contributed by atoms with Gasteiger partial charge in [-0.25, -0.2) is 0 Å². The number of nitrogens with two attached hydrogens (primary N) is 1. The SMILES string of the molecule is CC(NC(=O)CSCC(N)C(=O)O)C1CC2CCC1C2. The Bertz CT molecular complexity index is 377. The third-order valence-corrected chi connectivity index (χ3v) is 5.73. The van der Waals surface area contributed by atoms with Crippen LogP contribution in [0.2, 0.25) is 0 Å². The second-order valence-electron chi connectivity index (χ2n) is 6.15. The molecule has 5 atom stereocenters. The standard InChI is InChI=1S/C14H24N2O3S/c1-8(11-5-9-2-3-10(11)4-9)16-13(17)7-20-6-12(15)14(18)19/h8-12H,2-7,15H2,1H3,(H,16,17)(H,18,19). The number of carbonyl (C=O) groups excluding carboxylic acids is 1. The minimum atomic E-state index is -1.02. The number of nitrogens with one attached hydrogen (secondary N) is 1. The van der Waals surface area contributed by atoms with Crippen LogP contribution in [-0.2, 0) is 9.59 Å². The van der Waals surface area contributed by atoms with Crippen molar-refractivity contribution in [3.05, 3.63) is 0 Å². The number of fused-ring (bicyclic) bond motifs is 2. The van der Waals surface area contributed by atoms with Gasteiger partial charge in [-0.2, -0.15) is 0 Å². The van der Waals surface area contributed by atoms with Gasteiger partial charge in [0.25, 0.3) is 0 Å². The van der Waals surface area contributed by atoms with Crippen LogP contribution in [0.1, 0.15) is 32.6 Å². The van der Waals surface area contributed by atoms with E-state index in [0.717, 1.165) is 11.8 Å². The predicted octanol–water partition coefficient (Wildman–Crippen LogP) is 1.07. The first kappa shape index (κ1) is 15.6. The van der Waals surface area contributed by atoms with Crippen LogP contribution in [0, 0.1) is 17.8 Å². The highest BCUT2D eigenvalue weighted by Gasteiger charge is 2.42. The van der Waals surface area contributed by atoms with Crippen LogP contribution in [-0.4, -0.2) is 40.6 Å². The molecule has 5 unspecified atom stereocenters. The molecular formula is C14H24N2O3S. The van der Waals surface area contributed by atoms with Crippen LogP contribution >= 0.6 is 11.8 Å². The summed E-state index contributed by atoms with van der Waals surface area (Å²) >= 11 is 1.28. The van der Waals surface area contributed by atoms with Gasteiger partial charge < -0.3 is 16.2 Å². The molecule has 0 heterocycles. The van der Waals surface area contributed by atoms with Crippen LogP contribution in [0.5, 0.6) is 0 Å². The predicted molar refractivity (Wildman–Crippen MR) is 79.5 cm³/mol. The van der Waals surface area contributed by atoms with Gasteiger partial charge in [0, 0.05) is 11.8 Å². The first-order chi connectivity index (χ1) is 9.47. The van der Waals surface area contributed by atoms with Crippen molar-refractivity contribution in [2.45, 2.75) is 44.7 Å². The summed E-state index contributed by atoms with van der Waals surface area (Å²) in [6.07, 6.45) is 5.28. The lowest BCUT2D eigenvalue weighted by Gasteiger charge is -2.28. The Morgan fingerprint density at radius 2 is 2.15 bits per heavy atom. The number of carboxylic acids is 1. The fourth-order valence-corrected chi connectivity index (χ4v) is 4.44. The molecule has 0 radical (unpaired) electrons. The number of hydrogen-bond donors (Lipinski definition) is 3. The van der Waals surface area contributed by atoms with Gasteiger partial charge in [0.15, 0.2) is 0 Å². The molecule has 0 aromatic carbocycles.